The van der Waals surface area contributed by atoms with Gasteiger partial charge in [-0.1, -0.05) is 6.07 Å². The second kappa shape index (κ2) is 8.84. The number of benzene rings is 2. The molecule has 0 atom stereocenters. The molecule has 1 saturated heterocycles. The van der Waals surface area contributed by atoms with Gasteiger partial charge in [0, 0.05) is 35.9 Å². The van der Waals surface area contributed by atoms with E-state index in [-0.39, 0.29) is 11.9 Å². The molecule has 0 amide bonds. The van der Waals surface area contributed by atoms with Crippen LogP contribution in [-0.2, 0) is 21.4 Å². The minimum atomic E-state index is -0.501. The van der Waals surface area contributed by atoms with Crippen molar-refractivity contribution in [3.63, 3.8) is 0 Å². The van der Waals surface area contributed by atoms with Gasteiger partial charge in [0.15, 0.2) is 5.82 Å². The number of hydrogen-bond donors (Lipinski definition) is 1. The van der Waals surface area contributed by atoms with E-state index in [0.717, 1.165) is 29.7 Å². The lowest BCUT2D eigenvalue weighted by molar-refractivity contribution is -0.121. The summed E-state index contributed by atoms with van der Waals surface area (Å²) < 4.78 is 11.4. The molecule has 34 heavy (non-hydrogen) atoms. The van der Waals surface area contributed by atoms with Gasteiger partial charge in [-0.2, -0.15) is 10.2 Å². The van der Waals surface area contributed by atoms with Crippen LogP contribution >= 0.6 is 0 Å². The minimum Gasteiger partial charge on any atom is -0.489 e. The zero-order valence-corrected chi connectivity index (χ0v) is 19.2. The van der Waals surface area contributed by atoms with Gasteiger partial charge >= 0.3 is 0 Å². The number of nitrogens with one attached hydrogen (secondary N) is 1. The molecule has 0 saturated carbocycles. The largest absolute Gasteiger partial charge is 0.489 e. The summed E-state index contributed by atoms with van der Waals surface area (Å²) in [6.07, 6.45) is 3.57. The summed E-state index contributed by atoms with van der Waals surface area (Å²) in [4.78, 5) is 25.4. The van der Waals surface area contributed by atoms with Crippen molar-refractivity contribution in [3.8, 4) is 23.2 Å². The van der Waals surface area contributed by atoms with E-state index in [1.165, 1.54) is 6.33 Å². The number of fused-ring (bicyclic) bond motifs is 1. The van der Waals surface area contributed by atoms with E-state index in [1.807, 2.05) is 38.1 Å². The van der Waals surface area contributed by atoms with Crippen LogP contribution in [0.5, 0.6) is 5.75 Å². The maximum atomic E-state index is 12.3. The number of rotatable bonds is 5. The highest BCUT2D eigenvalue weighted by Crippen LogP contribution is 2.37. The molecule has 2 heterocycles. The van der Waals surface area contributed by atoms with E-state index in [2.05, 4.69) is 26.3 Å². The lowest BCUT2D eigenvalue weighted by atomic mass is 9.85. The molecule has 1 N–H and O–H groups in total. The van der Waals surface area contributed by atoms with E-state index in [1.54, 1.807) is 12.1 Å². The number of nitriles is 1. The average molecular weight is 456 g/mol. The van der Waals surface area contributed by atoms with Gasteiger partial charge in [0.05, 0.1) is 18.8 Å². The maximum absolute atomic E-state index is 12.3. The van der Waals surface area contributed by atoms with Crippen LogP contribution in [0.25, 0.3) is 11.4 Å². The third-order valence-electron chi connectivity index (χ3n) is 6.48. The summed E-state index contributed by atoms with van der Waals surface area (Å²) in [5, 5.41) is 12.9. The third-order valence-corrected chi connectivity index (χ3v) is 6.48. The molecule has 1 aliphatic carbocycles. The quantitative estimate of drug-likeness (QED) is 0.612. The predicted octanol–water partition coefficient (Wildman–Crippen LogP) is 4.11. The zero-order valence-electron chi connectivity index (χ0n) is 19.2. The highest BCUT2D eigenvalue weighted by Gasteiger charge is 2.37. The first-order chi connectivity index (χ1) is 16.4. The molecular formula is C26H25N5O3. The van der Waals surface area contributed by atoms with Crippen molar-refractivity contribution < 1.29 is 14.3 Å². The van der Waals surface area contributed by atoms with E-state index in [4.69, 9.17) is 9.47 Å². The number of Topliss-reactive ketones (excluding diaryl/α,β-unsaturated/α-hetero) is 1. The lowest BCUT2D eigenvalue weighted by Crippen LogP contribution is -2.26. The number of nitrogens with zero attached hydrogens (tertiary/aromatic N) is 4. The Morgan fingerprint density at radius 2 is 1.97 bits per heavy atom. The fourth-order valence-corrected chi connectivity index (χ4v) is 4.39. The zero-order chi connectivity index (χ0) is 23.7. The molecule has 1 aromatic heterocycles. The molecule has 2 aliphatic rings. The van der Waals surface area contributed by atoms with E-state index in [0.29, 0.717) is 48.3 Å². The first-order valence-electron chi connectivity index (χ1n) is 11.4. The maximum Gasteiger partial charge on any atom is 0.230 e. The van der Waals surface area contributed by atoms with Crippen molar-refractivity contribution >= 4 is 17.4 Å². The Hall–Kier alpha value is -3.83. The Kier molecular flexibility index (Phi) is 5.72. The molecule has 172 valence electrons. The minimum absolute atomic E-state index is 0.0484. The van der Waals surface area contributed by atoms with Crippen LogP contribution in [0.2, 0.25) is 0 Å². The lowest BCUT2D eigenvalue weighted by Gasteiger charge is -2.23. The molecule has 0 unspecified atom stereocenters. The number of anilines is 2. The van der Waals surface area contributed by atoms with Gasteiger partial charge in [-0.3, -0.25) is 4.79 Å². The fourth-order valence-electron chi connectivity index (χ4n) is 4.39. The van der Waals surface area contributed by atoms with Gasteiger partial charge in [0.1, 0.15) is 30.0 Å². The summed E-state index contributed by atoms with van der Waals surface area (Å²) in [5.41, 5.74) is 3.52. The van der Waals surface area contributed by atoms with Crippen LogP contribution in [0, 0.1) is 11.3 Å². The third kappa shape index (κ3) is 4.22. The highest BCUT2D eigenvalue weighted by atomic mass is 16.5. The summed E-state index contributed by atoms with van der Waals surface area (Å²) >= 11 is 0. The Balaban J connectivity index is 1.37. The molecule has 2 aromatic carbocycles. The van der Waals surface area contributed by atoms with E-state index < -0.39 is 5.41 Å². The van der Waals surface area contributed by atoms with Crippen LogP contribution in [0.3, 0.4) is 0 Å². The predicted molar refractivity (Wildman–Crippen MR) is 126 cm³/mol. The summed E-state index contributed by atoms with van der Waals surface area (Å²) in [6, 6.07) is 13.5. The van der Waals surface area contributed by atoms with Crippen LogP contribution < -0.4 is 10.1 Å². The topological polar surface area (TPSA) is 110 Å². The number of carbonyl (C=O) groups excluding carboxylic acids is 1. The van der Waals surface area contributed by atoms with E-state index >= 15 is 0 Å². The summed E-state index contributed by atoms with van der Waals surface area (Å²) in [5.74, 6) is 1.61. The van der Waals surface area contributed by atoms with Crippen molar-refractivity contribution in [1.29, 1.82) is 5.26 Å². The van der Waals surface area contributed by atoms with Crippen molar-refractivity contribution in [2.75, 3.05) is 18.5 Å². The molecule has 5 rings (SSSR count). The molecule has 0 radical (unpaired) electrons. The monoisotopic (exact) mass is 455 g/mol. The number of ether oxygens (including phenoxy) is 2. The molecule has 0 spiro atoms. The standard InChI is InChI=1S/C26H25N5O3/c1-26(2)21-13-19(5-3-16(21)12-23(26)32)30-25-29-15-28-24(31-25)17-4-6-22(18(11-17)14-27)34-20-7-9-33-10-8-20/h3-6,11,13,15,20H,7-10,12H2,1-2H3,(H,28,29,30,31). The Bertz CT molecular complexity index is 1290. The van der Waals surface area contributed by atoms with Gasteiger partial charge < -0.3 is 14.8 Å². The molecule has 0 bridgehead atoms. The molecular weight excluding hydrogens is 430 g/mol. The average Bonchev–Trinajstić information content (AvgIpc) is 3.08. The van der Waals surface area contributed by atoms with Crippen molar-refractivity contribution in [3.05, 3.63) is 59.4 Å². The molecule has 1 fully saturated rings. The van der Waals surface area contributed by atoms with Gasteiger partial charge in [-0.25, -0.2) is 9.97 Å². The van der Waals surface area contributed by atoms with Crippen molar-refractivity contribution in [1.82, 2.24) is 15.0 Å². The number of ketones is 1. The van der Waals surface area contributed by atoms with Crippen LogP contribution in [0.15, 0.2) is 42.7 Å². The second-order valence-electron chi connectivity index (χ2n) is 9.11. The van der Waals surface area contributed by atoms with Gasteiger partial charge in [0.25, 0.3) is 0 Å². The first kappa shape index (κ1) is 22.0. The van der Waals surface area contributed by atoms with E-state index in [9.17, 15) is 10.1 Å². The summed E-state index contributed by atoms with van der Waals surface area (Å²) in [6.45, 7) is 5.25. The van der Waals surface area contributed by atoms with Crippen molar-refractivity contribution in [2.45, 2.75) is 44.6 Å². The smallest absolute Gasteiger partial charge is 0.230 e. The summed E-state index contributed by atoms with van der Waals surface area (Å²) in [7, 11) is 0. The molecule has 8 nitrogen and oxygen atoms in total. The number of aromatic nitrogens is 3. The number of carbonyl (C=O) groups is 1. The van der Waals surface area contributed by atoms with Crippen molar-refractivity contribution in [2.24, 2.45) is 0 Å². The Labute approximate surface area is 198 Å². The van der Waals surface area contributed by atoms with Gasteiger partial charge in [-0.05, 0) is 55.3 Å². The van der Waals surface area contributed by atoms with Crippen LogP contribution in [0.4, 0.5) is 11.6 Å². The van der Waals surface area contributed by atoms with Gasteiger partial charge in [0.2, 0.25) is 5.95 Å². The molecule has 1 aliphatic heterocycles. The van der Waals surface area contributed by atoms with Crippen LogP contribution in [0.1, 0.15) is 43.4 Å². The Morgan fingerprint density at radius 1 is 1.15 bits per heavy atom. The second-order valence-corrected chi connectivity index (χ2v) is 9.11. The highest BCUT2D eigenvalue weighted by molar-refractivity contribution is 5.96. The fraction of sp³-hybridized carbons (Fsp3) is 0.346. The normalized spacial score (nSPS) is 17.1. The SMILES string of the molecule is CC1(C)C(=O)Cc2ccc(Nc3ncnc(-c4ccc(OC5CCOCC5)c(C#N)c4)n3)cc21. The number of hydrogen-bond acceptors (Lipinski definition) is 8. The first-order valence-corrected chi connectivity index (χ1v) is 11.4. The van der Waals surface area contributed by atoms with Crippen LogP contribution in [-0.4, -0.2) is 40.1 Å². The Morgan fingerprint density at radius 3 is 2.76 bits per heavy atom. The molecule has 8 heteroatoms. The van der Waals surface area contributed by atoms with Gasteiger partial charge in [-0.15, -0.1) is 0 Å². The molecule has 3 aromatic rings.